The fourth-order valence-corrected chi connectivity index (χ4v) is 3.76. The molecule has 5 rings (SSSR count). The molecule has 1 aliphatic rings. The molecule has 0 N–H and O–H groups in total. The lowest BCUT2D eigenvalue weighted by Gasteiger charge is -2.08. The molecule has 0 saturated heterocycles. The number of alkyl halides is 3. The average molecular weight is 440 g/mol. The highest BCUT2D eigenvalue weighted by molar-refractivity contribution is 5.60. The Hall–Kier alpha value is -3.81. The molecule has 0 spiro atoms. The number of pyridine rings is 1. The van der Waals surface area contributed by atoms with Crippen molar-refractivity contribution in [3.05, 3.63) is 93.4 Å². The number of methoxy groups -OCH3 is 1. The Bertz CT molecular complexity index is 1470. The number of benzene rings is 2. The van der Waals surface area contributed by atoms with Crippen LogP contribution in [0.5, 0.6) is 11.6 Å². The Kier molecular flexibility index (Phi) is 4.65. The molecule has 32 heavy (non-hydrogen) atoms. The maximum atomic E-state index is 13.5. The lowest BCUT2D eigenvalue weighted by molar-refractivity contribution is -0.137. The van der Waals surface area contributed by atoms with Gasteiger partial charge < -0.3 is 9.47 Å². The Morgan fingerprint density at radius 3 is 2.66 bits per heavy atom. The van der Waals surface area contributed by atoms with E-state index >= 15 is 0 Å². The highest BCUT2D eigenvalue weighted by Gasteiger charge is 2.31. The van der Waals surface area contributed by atoms with Gasteiger partial charge in [0.05, 0.1) is 24.6 Å². The van der Waals surface area contributed by atoms with Gasteiger partial charge in [-0.15, -0.1) is 0 Å². The van der Waals surface area contributed by atoms with Crippen molar-refractivity contribution < 1.29 is 27.0 Å². The molecule has 0 amide bonds. The van der Waals surface area contributed by atoms with Crippen LogP contribution in [0.25, 0.3) is 18.0 Å². The SMILES string of the molecule is COc1nc2cc(C(F)(F)F)ccn2c1Cc1ccc2c(c1)=COc1cc(F)ccc1C=2. The van der Waals surface area contributed by atoms with Crippen LogP contribution in [0.4, 0.5) is 17.6 Å². The fourth-order valence-electron chi connectivity index (χ4n) is 3.76. The van der Waals surface area contributed by atoms with Gasteiger partial charge in [-0.3, -0.25) is 4.40 Å². The third-order valence-electron chi connectivity index (χ3n) is 5.33. The number of imidazole rings is 1. The van der Waals surface area contributed by atoms with E-state index in [4.69, 9.17) is 9.47 Å². The lowest BCUT2D eigenvalue weighted by Crippen LogP contribution is -2.25. The van der Waals surface area contributed by atoms with E-state index in [1.807, 2.05) is 24.3 Å². The number of hydrogen-bond acceptors (Lipinski definition) is 3. The Balaban J connectivity index is 1.55. The minimum absolute atomic E-state index is 0.155. The molecule has 2 aromatic carbocycles. The fraction of sp³-hybridized carbons (Fsp3) is 0.125. The summed E-state index contributed by atoms with van der Waals surface area (Å²) in [7, 11) is 1.43. The minimum atomic E-state index is -4.45. The van der Waals surface area contributed by atoms with Crippen LogP contribution in [-0.2, 0) is 12.6 Å². The second kappa shape index (κ2) is 7.40. The van der Waals surface area contributed by atoms with Gasteiger partial charge in [-0.25, -0.2) is 4.39 Å². The number of fused-ring (bicyclic) bond motifs is 3. The highest BCUT2D eigenvalue weighted by atomic mass is 19.4. The number of nitrogens with zero attached hydrogens (tertiary/aromatic N) is 2. The van der Waals surface area contributed by atoms with Crippen molar-refractivity contribution >= 4 is 18.0 Å². The molecule has 0 fully saturated rings. The van der Waals surface area contributed by atoms with Crippen LogP contribution in [0, 0.1) is 5.82 Å². The van der Waals surface area contributed by atoms with Crippen LogP contribution in [0.2, 0.25) is 0 Å². The molecule has 0 aliphatic carbocycles. The summed E-state index contributed by atoms with van der Waals surface area (Å²) in [5.74, 6) is 0.297. The summed E-state index contributed by atoms with van der Waals surface area (Å²) >= 11 is 0. The number of rotatable bonds is 3. The van der Waals surface area contributed by atoms with Gasteiger partial charge in [-0.1, -0.05) is 12.1 Å². The summed E-state index contributed by atoms with van der Waals surface area (Å²) < 4.78 is 65.3. The van der Waals surface area contributed by atoms with E-state index < -0.39 is 11.7 Å². The molecule has 1 aliphatic heterocycles. The van der Waals surface area contributed by atoms with Crippen molar-refractivity contribution in [1.82, 2.24) is 9.38 Å². The standard InChI is InChI=1S/C24H16F4N2O2/c1-31-23-20(30-7-6-18(24(26,27)28)11-22(30)29-23)9-14-2-3-15-10-16-4-5-19(25)12-21(16)32-13-17(15)8-14/h2-8,10-13H,9H2,1H3. The van der Waals surface area contributed by atoms with Crippen molar-refractivity contribution in [2.75, 3.05) is 7.11 Å². The van der Waals surface area contributed by atoms with Gasteiger partial charge in [0.25, 0.3) is 0 Å². The smallest absolute Gasteiger partial charge is 0.416 e. The molecule has 0 unspecified atom stereocenters. The largest absolute Gasteiger partial charge is 0.480 e. The summed E-state index contributed by atoms with van der Waals surface area (Å²) in [4.78, 5) is 4.21. The van der Waals surface area contributed by atoms with Gasteiger partial charge in [0, 0.05) is 29.5 Å². The first kappa shape index (κ1) is 20.1. The zero-order valence-electron chi connectivity index (χ0n) is 16.8. The first-order chi connectivity index (χ1) is 15.3. The topological polar surface area (TPSA) is 35.8 Å². The Morgan fingerprint density at radius 1 is 1.03 bits per heavy atom. The third-order valence-corrected chi connectivity index (χ3v) is 5.33. The number of aromatic nitrogens is 2. The van der Waals surface area contributed by atoms with E-state index in [0.29, 0.717) is 17.9 Å². The van der Waals surface area contributed by atoms with Crippen molar-refractivity contribution in [2.45, 2.75) is 12.6 Å². The van der Waals surface area contributed by atoms with Crippen LogP contribution in [0.3, 0.4) is 0 Å². The van der Waals surface area contributed by atoms with Crippen molar-refractivity contribution in [3.63, 3.8) is 0 Å². The van der Waals surface area contributed by atoms with Gasteiger partial charge in [0.1, 0.15) is 17.2 Å². The molecule has 3 heterocycles. The highest BCUT2D eigenvalue weighted by Crippen LogP contribution is 2.31. The zero-order valence-corrected chi connectivity index (χ0v) is 16.8. The van der Waals surface area contributed by atoms with Crippen LogP contribution >= 0.6 is 0 Å². The molecule has 0 saturated carbocycles. The molecular formula is C24H16F4N2O2. The summed E-state index contributed by atoms with van der Waals surface area (Å²) in [6.45, 7) is 0. The summed E-state index contributed by atoms with van der Waals surface area (Å²) in [5.41, 5.74) is 1.65. The van der Waals surface area contributed by atoms with Crippen LogP contribution in [0.15, 0.2) is 54.7 Å². The van der Waals surface area contributed by atoms with E-state index in [-0.39, 0.29) is 17.3 Å². The second-order valence-corrected chi connectivity index (χ2v) is 7.41. The maximum absolute atomic E-state index is 13.5. The van der Waals surface area contributed by atoms with Crippen LogP contribution in [-0.4, -0.2) is 16.5 Å². The molecule has 2 aromatic heterocycles. The minimum Gasteiger partial charge on any atom is -0.480 e. The van der Waals surface area contributed by atoms with Crippen LogP contribution in [0.1, 0.15) is 22.4 Å². The maximum Gasteiger partial charge on any atom is 0.416 e. The first-order valence-corrected chi connectivity index (χ1v) is 9.71. The van der Waals surface area contributed by atoms with E-state index in [0.717, 1.165) is 33.7 Å². The normalized spacial score (nSPS) is 12.8. The van der Waals surface area contributed by atoms with Crippen molar-refractivity contribution in [3.8, 4) is 11.6 Å². The summed E-state index contributed by atoms with van der Waals surface area (Å²) in [6, 6.07) is 12.1. The molecular weight excluding hydrogens is 424 g/mol. The molecule has 8 heteroatoms. The van der Waals surface area contributed by atoms with Gasteiger partial charge in [0.2, 0.25) is 5.88 Å². The predicted octanol–water partition coefficient (Wildman–Crippen LogP) is 4.05. The summed E-state index contributed by atoms with van der Waals surface area (Å²) in [5, 5.41) is 1.70. The molecule has 0 atom stereocenters. The number of halogens is 4. The number of hydrogen-bond donors (Lipinski definition) is 0. The van der Waals surface area contributed by atoms with Gasteiger partial charge in [0.15, 0.2) is 0 Å². The third kappa shape index (κ3) is 3.57. The molecule has 162 valence electrons. The van der Waals surface area contributed by atoms with E-state index in [2.05, 4.69) is 4.98 Å². The molecule has 0 radical (unpaired) electrons. The first-order valence-electron chi connectivity index (χ1n) is 9.71. The van der Waals surface area contributed by atoms with E-state index in [9.17, 15) is 17.6 Å². The zero-order chi connectivity index (χ0) is 22.5. The monoisotopic (exact) mass is 440 g/mol. The molecule has 4 nitrogen and oxygen atoms in total. The van der Waals surface area contributed by atoms with Crippen molar-refractivity contribution in [1.29, 1.82) is 0 Å². The van der Waals surface area contributed by atoms with Crippen LogP contribution < -0.4 is 19.9 Å². The van der Waals surface area contributed by atoms with E-state index in [1.165, 1.54) is 25.4 Å². The quantitative estimate of drug-likeness (QED) is 0.451. The van der Waals surface area contributed by atoms with Crippen molar-refractivity contribution in [2.24, 2.45) is 0 Å². The summed E-state index contributed by atoms with van der Waals surface area (Å²) in [6.07, 6.45) is 0.733. The second-order valence-electron chi connectivity index (χ2n) is 7.41. The number of ether oxygens (including phenoxy) is 2. The van der Waals surface area contributed by atoms with Gasteiger partial charge >= 0.3 is 6.18 Å². The predicted molar refractivity (Wildman–Crippen MR) is 110 cm³/mol. The average Bonchev–Trinajstić information content (AvgIpc) is 3.00. The molecule has 0 bridgehead atoms. The van der Waals surface area contributed by atoms with Gasteiger partial charge in [-0.05, 0) is 47.2 Å². The Labute approximate surface area is 179 Å². The Morgan fingerprint density at radius 2 is 1.88 bits per heavy atom. The molecule has 4 aromatic rings. The lowest BCUT2D eigenvalue weighted by atomic mass is 10.1. The van der Waals surface area contributed by atoms with E-state index in [1.54, 1.807) is 16.7 Å². The van der Waals surface area contributed by atoms with Gasteiger partial charge in [-0.2, -0.15) is 18.2 Å².